The summed E-state index contributed by atoms with van der Waals surface area (Å²) in [5.74, 6) is -0.352. The SMILES string of the molecule is Cc1ccc(C(=O)O/N=C(\N)c2ccc(I)cc2)cc1C. The number of rotatable bonds is 3. The van der Waals surface area contributed by atoms with E-state index in [4.69, 9.17) is 10.6 Å². The van der Waals surface area contributed by atoms with Crippen molar-refractivity contribution in [1.82, 2.24) is 0 Å². The molecule has 2 aromatic rings. The van der Waals surface area contributed by atoms with Crippen molar-refractivity contribution in [2.45, 2.75) is 13.8 Å². The molecule has 0 aromatic heterocycles. The Morgan fingerprint density at radius 1 is 1.05 bits per heavy atom. The lowest BCUT2D eigenvalue weighted by atomic mass is 10.1. The highest BCUT2D eigenvalue weighted by molar-refractivity contribution is 14.1. The number of amidine groups is 1. The van der Waals surface area contributed by atoms with Crippen LogP contribution < -0.4 is 5.73 Å². The standard InChI is InChI=1S/C16H15IN2O2/c1-10-3-4-13(9-11(10)2)16(20)21-19-15(18)12-5-7-14(17)8-6-12/h3-9H,1-2H3,(H2,18,19). The van der Waals surface area contributed by atoms with Gasteiger partial charge in [0.1, 0.15) is 0 Å². The van der Waals surface area contributed by atoms with Crippen molar-refractivity contribution in [3.63, 3.8) is 0 Å². The van der Waals surface area contributed by atoms with Gasteiger partial charge in [0.2, 0.25) is 0 Å². The molecule has 0 aliphatic heterocycles. The molecular formula is C16H15IN2O2. The third-order valence-corrected chi connectivity index (χ3v) is 3.83. The number of aryl methyl sites for hydroxylation is 2. The van der Waals surface area contributed by atoms with Crippen LogP contribution in [0.1, 0.15) is 27.0 Å². The van der Waals surface area contributed by atoms with E-state index in [1.165, 1.54) is 0 Å². The van der Waals surface area contributed by atoms with Gasteiger partial charge in [0.15, 0.2) is 5.84 Å². The normalized spacial score (nSPS) is 11.3. The van der Waals surface area contributed by atoms with Crippen LogP contribution in [0.25, 0.3) is 0 Å². The zero-order valence-corrected chi connectivity index (χ0v) is 13.9. The summed E-state index contributed by atoms with van der Waals surface area (Å²) in [6, 6.07) is 12.8. The van der Waals surface area contributed by atoms with E-state index < -0.39 is 5.97 Å². The fraction of sp³-hybridized carbons (Fsp3) is 0.125. The number of hydrogen-bond acceptors (Lipinski definition) is 3. The summed E-state index contributed by atoms with van der Waals surface area (Å²) in [5.41, 5.74) is 9.11. The second kappa shape index (κ2) is 6.71. The molecule has 0 heterocycles. The van der Waals surface area contributed by atoms with Gasteiger partial charge in [-0.1, -0.05) is 23.4 Å². The molecule has 0 amide bonds. The maximum Gasteiger partial charge on any atom is 0.365 e. The second-order valence-electron chi connectivity index (χ2n) is 4.66. The van der Waals surface area contributed by atoms with E-state index >= 15 is 0 Å². The zero-order chi connectivity index (χ0) is 15.4. The van der Waals surface area contributed by atoms with Gasteiger partial charge in [-0.05, 0) is 71.8 Å². The number of carbonyl (C=O) groups excluding carboxylic acids is 1. The van der Waals surface area contributed by atoms with Gasteiger partial charge >= 0.3 is 5.97 Å². The van der Waals surface area contributed by atoms with Gasteiger partial charge in [0, 0.05) is 9.13 Å². The Balaban J connectivity index is 2.10. The molecule has 0 atom stereocenters. The van der Waals surface area contributed by atoms with Crippen LogP contribution in [0.15, 0.2) is 47.6 Å². The predicted octanol–water partition coefficient (Wildman–Crippen LogP) is 3.39. The highest BCUT2D eigenvalue weighted by Gasteiger charge is 2.09. The lowest BCUT2D eigenvalue weighted by Crippen LogP contribution is -2.15. The minimum absolute atomic E-state index is 0.170. The molecule has 0 spiro atoms. The summed E-state index contributed by atoms with van der Waals surface area (Å²) in [4.78, 5) is 16.8. The number of carbonyl (C=O) groups is 1. The lowest BCUT2D eigenvalue weighted by Gasteiger charge is -2.04. The quantitative estimate of drug-likeness (QED) is 0.285. The molecular weight excluding hydrogens is 379 g/mol. The highest BCUT2D eigenvalue weighted by Crippen LogP contribution is 2.11. The smallest absolute Gasteiger partial charge is 0.365 e. The zero-order valence-electron chi connectivity index (χ0n) is 11.8. The van der Waals surface area contributed by atoms with Gasteiger partial charge < -0.3 is 10.6 Å². The number of nitrogens with two attached hydrogens (primary N) is 1. The minimum Gasteiger partial charge on any atom is -0.380 e. The Labute approximate surface area is 137 Å². The van der Waals surface area contributed by atoms with Crippen molar-refractivity contribution in [3.8, 4) is 0 Å². The summed E-state index contributed by atoms with van der Waals surface area (Å²) in [5, 5.41) is 3.69. The van der Waals surface area contributed by atoms with E-state index in [1.807, 2.05) is 44.2 Å². The summed E-state index contributed by atoms with van der Waals surface area (Å²) in [6.07, 6.45) is 0. The number of oxime groups is 1. The third kappa shape index (κ3) is 4.04. The van der Waals surface area contributed by atoms with Crippen molar-refractivity contribution >= 4 is 34.4 Å². The monoisotopic (exact) mass is 394 g/mol. The summed E-state index contributed by atoms with van der Waals surface area (Å²) >= 11 is 2.20. The minimum atomic E-state index is -0.522. The van der Waals surface area contributed by atoms with Gasteiger partial charge in [-0.2, -0.15) is 0 Å². The number of halogens is 1. The molecule has 2 aromatic carbocycles. The third-order valence-electron chi connectivity index (χ3n) is 3.11. The van der Waals surface area contributed by atoms with Crippen LogP contribution in [-0.4, -0.2) is 11.8 Å². The maximum atomic E-state index is 11.9. The summed E-state index contributed by atoms with van der Waals surface area (Å²) in [7, 11) is 0. The Kier molecular flexibility index (Phi) is 4.95. The fourth-order valence-corrected chi connectivity index (χ4v) is 2.04. The van der Waals surface area contributed by atoms with E-state index in [0.29, 0.717) is 11.1 Å². The molecule has 108 valence electrons. The first-order valence-electron chi connectivity index (χ1n) is 6.35. The van der Waals surface area contributed by atoms with Crippen LogP contribution in [0.2, 0.25) is 0 Å². The molecule has 0 fully saturated rings. The Bertz CT molecular complexity index is 694. The molecule has 0 radical (unpaired) electrons. The largest absolute Gasteiger partial charge is 0.380 e. The first kappa shape index (κ1) is 15.5. The molecule has 0 bridgehead atoms. The number of nitrogens with zero attached hydrogens (tertiary/aromatic N) is 1. The molecule has 0 saturated carbocycles. The van der Waals surface area contributed by atoms with Crippen LogP contribution in [0.3, 0.4) is 0 Å². The summed E-state index contributed by atoms with van der Waals surface area (Å²) in [6.45, 7) is 3.92. The number of benzene rings is 2. The molecule has 4 nitrogen and oxygen atoms in total. The molecule has 2 N–H and O–H groups in total. The van der Waals surface area contributed by atoms with E-state index in [1.54, 1.807) is 12.1 Å². The van der Waals surface area contributed by atoms with Crippen molar-refractivity contribution in [2.75, 3.05) is 0 Å². The van der Waals surface area contributed by atoms with Gasteiger partial charge in [0.05, 0.1) is 5.56 Å². The highest BCUT2D eigenvalue weighted by atomic mass is 127. The number of hydrogen-bond donors (Lipinski definition) is 1. The average Bonchev–Trinajstić information content (AvgIpc) is 2.48. The first-order valence-corrected chi connectivity index (χ1v) is 7.43. The van der Waals surface area contributed by atoms with Gasteiger partial charge in [-0.15, -0.1) is 0 Å². The molecule has 0 aliphatic carbocycles. The average molecular weight is 394 g/mol. The van der Waals surface area contributed by atoms with E-state index in [-0.39, 0.29) is 5.84 Å². The van der Waals surface area contributed by atoms with Crippen molar-refractivity contribution in [1.29, 1.82) is 0 Å². The van der Waals surface area contributed by atoms with E-state index in [0.717, 1.165) is 14.7 Å². The molecule has 0 unspecified atom stereocenters. The fourth-order valence-electron chi connectivity index (χ4n) is 1.69. The van der Waals surface area contributed by atoms with Crippen LogP contribution in [-0.2, 0) is 4.84 Å². The van der Waals surface area contributed by atoms with Gasteiger partial charge in [0.25, 0.3) is 0 Å². The van der Waals surface area contributed by atoms with Crippen LogP contribution in [0.5, 0.6) is 0 Å². The Morgan fingerprint density at radius 3 is 2.29 bits per heavy atom. The molecule has 0 aliphatic rings. The second-order valence-corrected chi connectivity index (χ2v) is 5.91. The molecule has 0 saturated heterocycles. The van der Waals surface area contributed by atoms with Crippen molar-refractivity contribution in [2.24, 2.45) is 10.9 Å². The van der Waals surface area contributed by atoms with Crippen molar-refractivity contribution in [3.05, 3.63) is 68.3 Å². The summed E-state index contributed by atoms with van der Waals surface area (Å²) < 4.78 is 1.09. The molecule has 2 rings (SSSR count). The first-order chi connectivity index (χ1) is 9.97. The lowest BCUT2D eigenvalue weighted by molar-refractivity contribution is 0.0516. The Hall–Kier alpha value is -1.89. The van der Waals surface area contributed by atoms with Gasteiger partial charge in [-0.25, -0.2) is 4.79 Å². The van der Waals surface area contributed by atoms with Crippen LogP contribution in [0, 0.1) is 17.4 Å². The van der Waals surface area contributed by atoms with E-state index in [9.17, 15) is 4.79 Å². The van der Waals surface area contributed by atoms with Gasteiger partial charge in [-0.3, -0.25) is 0 Å². The molecule has 5 heteroatoms. The maximum absolute atomic E-state index is 11.9. The Morgan fingerprint density at radius 2 is 1.67 bits per heavy atom. The van der Waals surface area contributed by atoms with Crippen LogP contribution >= 0.6 is 22.6 Å². The predicted molar refractivity (Wildman–Crippen MR) is 91.2 cm³/mol. The van der Waals surface area contributed by atoms with Crippen molar-refractivity contribution < 1.29 is 9.63 Å². The van der Waals surface area contributed by atoms with Crippen LogP contribution in [0.4, 0.5) is 0 Å². The van der Waals surface area contributed by atoms with E-state index in [2.05, 4.69) is 27.7 Å². The topological polar surface area (TPSA) is 64.7 Å². The molecule has 21 heavy (non-hydrogen) atoms.